The summed E-state index contributed by atoms with van der Waals surface area (Å²) in [4.78, 5) is 58.7. The summed E-state index contributed by atoms with van der Waals surface area (Å²) in [7, 11) is 0. The minimum Gasteiger partial charge on any atom is -0.335 e. The van der Waals surface area contributed by atoms with E-state index in [2.05, 4.69) is 10.3 Å². The Hall–Kier alpha value is -2.77. The van der Waals surface area contributed by atoms with Crippen LogP contribution in [-0.4, -0.2) is 56.7 Å². The maximum absolute atomic E-state index is 13.6. The first-order chi connectivity index (χ1) is 15.0. The zero-order valence-electron chi connectivity index (χ0n) is 18.0. The van der Waals surface area contributed by atoms with Crippen molar-refractivity contribution in [3.63, 3.8) is 0 Å². The molecular weight excluding hydrogens is 396 g/mol. The number of imide groups is 2. The first kappa shape index (κ1) is 21.5. The topological polar surface area (TPSA) is 99.7 Å². The molecule has 166 valence electrons. The Morgan fingerprint density at radius 2 is 1.61 bits per heavy atom. The molecule has 8 nitrogen and oxygen atoms in total. The smallest absolute Gasteiger partial charge is 0.324 e. The molecule has 1 aliphatic heterocycles. The lowest BCUT2D eigenvalue weighted by atomic mass is 9.93. The number of pyridine rings is 1. The Labute approximate surface area is 182 Å². The molecule has 2 fully saturated rings. The fourth-order valence-corrected chi connectivity index (χ4v) is 5.04. The van der Waals surface area contributed by atoms with Gasteiger partial charge in [0.15, 0.2) is 0 Å². The molecule has 0 saturated heterocycles. The maximum Gasteiger partial charge on any atom is 0.324 e. The van der Waals surface area contributed by atoms with Gasteiger partial charge in [0.25, 0.3) is 17.7 Å². The fraction of sp³-hybridized carbons (Fsp3) is 0.609. The molecule has 2 aliphatic carbocycles. The van der Waals surface area contributed by atoms with Crippen LogP contribution in [0.15, 0.2) is 18.5 Å². The van der Waals surface area contributed by atoms with Crippen LogP contribution < -0.4 is 5.32 Å². The molecule has 2 heterocycles. The van der Waals surface area contributed by atoms with E-state index in [0.717, 1.165) is 62.7 Å². The molecule has 0 unspecified atom stereocenters. The van der Waals surface area contributed by atoms with Crippen molar-refractivity contribution < 1.29 is 19.2 Å². The van der Waals surface area contributed by atoms with Crippen molar-refractivity contribution >= 4 is 23.8 Å². The van der Waals surface area contributed by atoms with Crippen LogP contribution in [0.5, 0.6) is 0 Å². The first-order valence-corrected chi connectivity index (χ1v) is 11.4. The van der Waals surface area contributed by atoms with Gasteiger partial charge in [-0.15, -0.1) is 0 Å². The Kier molecular flexibility index (Phi) is 6.34. The summed E-state index contributed by atoms with van der Waals surface area (Å²) in [5.41, 5.74) is 0.443. The van der Waals surface area contributed by atoms with Crippen LogP contribution in [0.2, 0.25) is 0 Å². The molecule has 1 atom stereocenters. The van der Waals surface area contributed by atoms with Crippen LogP contribution in [0.25, 0.3) is 0 Å². The molecule has 0 bridgehead atoms. The number of fused-ring (bicyclic) bond motifs is 1. The van der Waals surface area contributed by atoms with Crippen molar-refractivity contribution in [2.75, 3.05) is 0 Å². The molecule has 8 heteroatoms. The molecule has 2 saturated carbocycles. The predicted octanol–water partition coefficient (Wildman–Crippen LogP) is 3.27. The van der Waals surface area contributed by atoms with Gasteiger partial charge < -0.3 is 5.32 Å². The first-order valence-electron chi connectivity index (χ1n) is 11.4. The highest BCUT2D eigenvalue weighted by Gasteiger charge is 2.44. The van der Waals surface area contributed by atoms with E-state index in [1.165, 1.54) is 36.7 Å². The Morgan fingerprint density at radius 1 is 1.00 bits per heavy atom. The second-order valence-corrected chi connectivity index (χ2v) is 8.86. The SMILES string of the molecule is C[C@@H](C(=O)N(C(=O)NC1CCCCC1)C1CCCCC1)N1C(=O)c2ccncc2C1=O. The molecule has 0 aromatic carbocycles. The van der Waals surface area contributed by atoms with E-state index in [1.54, 1.807) is 0 Å². The highest BCUT2D eigenvalue weighted by molar-refractivity contribution is 6.23. The number of aromatic nitrogens is 1. The van der Waals surface area contributed by atoms with Crippen LogP contribution >= 0.6 is 0 Å². The summed E-state index contributed by atoms with van der Waals surface area (Å²) < 4.78 is 0. The molecule has 0 radical (unpaired) electrons. The third kappa shape index (κ3) is 4.20. The number of nitrogens with zero attached hydrogens (tertiary/aromatic N) is 3. The van der Waals surface area contributed by atoms with E-state index < -0.39 is 29.8 Å². The number of carbonyl (C=O) groups excluding carboxylic acids is 4. The van der Waals surface area contributed by atoms with Gasteiger partial charge in [0.05, 0.1) is 11.1 Å². The lowest BCUT2D eigenvalue weighted by Crippen LogP contribution is -2.58. The summed E-state index contributed by atoms with van der Waals surface area (Å²) in [5.74, 6) is -1.55. The average molecular weight is 427 g/mol. The number of nitrogens with one attached hydrogen (secondary N) is 1. The van der Waals surface area contributed by atoms with E-state index >= 15 is 0 Å². The Morgan fingerprint density at radius 3 is 2.26 bits per heavy atom. The lowest BCUT2D eigenvalue weighted by Gasteiger charge is -2.37. The van der Waals surface area contributed by atoms with Crippen molar-refractivity contribution in [3.8, 4) is 0 Å². The van der Waals surface area contributed by atoms with Gasteiger partial charge in [-0.25, -0.2) is 4.79 Å². The van der Waals surface area contributed by atoms with Gasteiger partial charge >= 0.3 is 6.03 Å². The van der Waals surface area contributed by atoms with Gasteiger partial charge in [-0.2, -0.15) is 0 Å². The van der Waals surface area contributed by atoms with E-state index in [-0.39, 0.29) is 23.2 Å². The van der Waals surface area contributed by atoms with Gasteiger partial charge in [-0.1, -0.05) is 38.5 Å². The van der Waals surface area contributed by atoms with Gasteiger partial charge in [0, 0.05) is 24.5 Å². The molecule has 31 heavy (non-hydrogen) atoms. The van der Waals surface area contributed by atoms with Crippen LogP contribution in [0.3, 0.4) is 0 Å². The molecule has 4 rings (SSSR count). The summed E-state index contributed by atoms with van der Waals surface area (Å²) in [6, 6.07) is -0.105. The molecule has 5 amide bonds. The van der Waals surface area contributed by atoms with E-state index in [9.17, 15) is 19.2 Å². The highest BCUT2D eigenvalue weighted by Crippen LogP contribution is 2.28. The minimum absolute atomic E-state index is 0.0702. The summed E-state index contributed by atoms with van der Waals surface area (Å²) >= 11 is 0. The van der Waals surface area contributed by atoms with E-state index in [1.807, 2.05) is 0 Å². The van der Waals surface area contributed by atoms with Crippen molar-refractivity contribution in [1.82, 2.24) is 20.1 Å². The Bertz CT molecular complexity index is 839. The molecular formula is C23H30N4O4. The normalized spacial score (nSPS) is 21.0. The van der Waals surface area contributed by atoms with Gasteiger partial charge in [0.2, 0.25) is 0 Å². The minimum atomic E-state index is -1.06. The predicted molar refractivity (Wildman–Crippen MR) is 113 cm³/mol. The van der Waals surface area contributed by atoms with E-state index in [4.69, 9.17) is 0 Å². The molecule has 1 aromatic heterocycles. The number of amides is 5. The largest absolute Gasteiger partial charge is 0.335 e. The maximum atomic E-state index is 13.6. The van der Waals surface area contributed by atoms with Crippen LogP contribution in [0.4, 0.5) is 4.79 Å². The second-order valence-electron chi connectivity index (χ2n) is 8.86. The molecule has 0 spiro atoms. The van der Waals surface area contributed by atoms with Gasteiger partial charge in [0.1, 0.15) is 6.04 Å². The summed E-state index contributed by atoms with van der Waals surface area (Å²) in [5, 5.41) is 3.05. The van der Waals surface area contributed by atoms with Crippen LogP contribution in [0, 0.1) is 0 Å². The number of rotatable bonds is 4. The van der Waals surface area contributed by atoms with Crippen LogP contribution in [0.1, 0.15) is 91.8 Å². The van der Waals surface area contributed by atoms with Crippen molar-refractivity contribution in [2.45, 2.75) is 89.3 Å². The molecule has 3 aliphatic rings. The number of urea groups is 1. The third-order valence-corrected chi connectivity index (χ3v) is 6.79. The van der Waals surface area contributed by atoms with Crippen LogP contribution in [-0.2, 0) is 4.79 Å². The van der Waals surface area contributed by atoms with Gasteiger partial charge in [-0.3, -0.25) is 29.2 Å². The zero-order chi connectivity index (χ0) is 22.0. The standard InChI is InChI=1S/C23H30N4O4/c1-15(26-21(29)18-12-13-24-14-19(18)22(26)30)20(28)27(17-10-6-3-7-11-17)23(31)25-16-8-4-2-5-9-16/h12-17H,2-11H2,1H3,(H,25,31)/t15-/m0/s1. The van der Waals surface area contributed by atoms with E-state index in [0.29, 0.717) is 0 Å². The average Bonchev–Trinajstić information content (AvgIpc) is 3.05. The highest BCUT2D eigenvalue weighted by atomic mass is 16.2. The number of carbonyl (C=O) groups is 4. The molecule has 1 N–H and O–H groups in total. The lowest BCUT2D eigenvalue weighted by molar-refractivity contribution is -0.134. The molecule has 1 aromatic rings. The summed E-state index contributed by atoms with van der Waals surface area (Å²) in [6.07, 6.45) is 12.4. The fourth-order valence-electron chi connectivity index (χ4n) is 5.04. The number of hydrogen-bond donors (Lipinski definition) is 1. The second kappa shape index (κ2) is 9.16. The monoisotopic (exact) mass is 426 g/mol. The van der Waals surface area contributed by atoms with Crippen molar-refractivity contribution in [2.24, 2.45) is 0 Å². The van der Waals surface area contributed by atoms with Crippen molar-refractivity contribution in [3.05, 3.63) is 29.6 Å². The quantitative estimate of drug-likeness (QED) is 0.745. The summed E-state index contributed by atoms with van der Waals surface area (Å²) in [6.45, 7) is 1.53. The van der Waals surface area contributed by atoms with Gasteiger partial charge in [-0.05, 0) is 38.7 Å². The number of hydrogen-bond acceptors (Lipinski definition) is 5. The van der Waals surface area contributed by atoms with Crippen molar-refractivity contribution in [1.29, 1.82) is 0 Å². The Balaban J connectivity index is 1.55. The third-order valence-electron chi connectivity index (χ3n) is 6.79. The zero-order valence-corrected chi connectivity index (χ0v) is 18.0.